The maximum absolute atomic E-state index is 15.0. The number of amides is 1. The van der Waals surface area contributed by atoms with E-state index in [0.717, 1.165) is 11.3 Å². The fourth-order valence-electron chi connectivity index (χ4n) is 12.5. The van der Waals surface area contributed by atoms with Gasteiger partial charge in [0.1, 0.15) is 48.4 Å². The maximum Gasteiger partial charge on any atom is 0.309 e. The minimum absolute atomic E-state index is 0.0112. The highest BCUT2D eigenvalue weighted by Crippen LogP contribution is 2.45. The Labute approximate surface area is 448 Å². The van der Waals surface area contributed by atoms with Gasteiger partial charge in [-0.3, -0.25) is 14.6 Å². The van der Waals surface area contributed by atoms with Crippen LogP contribution in [0.3, 0.4) is 0 Å². The lowest BCUT2D eigenvalue weighted by Crippen LogP contribution is -2.91. The molecule has 21 nitrogen and oxygen atoms in total. The van der Waals surface area contributed by atoms with Crippen molar-refractivity contribution >= 4 is 11.9 Å². The number of carbonyl (C=O) groups excluding carboxylic acids is 2. The van der Waals surface area contributed by atoms with Crippen LogP contribution in [-0.4, -0.2) is 194 Å². The molecule has 0 aliphatic carbocycles. The molecular formula is C54H91FN9O12+. The Morgan fingerprint density at radius 1 is 1.04 bits per heavy atom. The number of cyclic esters (lactones) is 1. The third-order valence-corrected chi connectivity index (χ3v) is 17.2. The normalized spacial score (nSPS) is 38.5. The Balaban J connectivity index is 1.22. The summed E-state index contributed by atoms with van der Waals surface area (Å²) in [7, 11) is 7.02. The summed E-state index contributed by atoms with van der Waals surface area (Å²) >= 11 is 0. The molecule has 1 amide bonds. The van der Waals surface area contributed by atoms with Gasteiger partial charge in [0, 0.05) is 64.6 Å². The Morgan fingerprint density at radius 3 is 2.33 bits per heavy atom. The van der Waals surface area contributed by atoms with Crippen molar-refractivity contribution in [3.63, 3.8) is 0 Å². The van der Waals surface area contributed by atoms with Crippen molar-refractivity contribution in [3.05, 3.63) is 53.6 Å². The number of methoxy groups -OCH3 is 2. The molecule has 19 atom stereocenters. The fourth-order valence-corrected chi connectivity index (χ4v) is 12.5. The van der Waals surface area contributed by atoms with E-state index in [1.165, 1.54) is 17.8 Å². The van der Waals surface area contributed by atoms with Crippen molar-refractivity contribution in [1.82, 2.24) is 35.3 Å². The molecule has 430 valence electrons. The van der Waals surface area contributed by atoms with E-state index < -0.39 is 114 Å². The number of halogens is 1. The number of aliphatic hydroxyl groups excluding tert-OH is 2. The number of likely N-dealkylation sites (N-methyl/N-ethyl adjacent to an activating group) is 1. The van der Waals surface area contributed by atoms with E-state index in [1.807, 2.05) is 70.3 Å². The number of alkyl halides is 1. The Kier molecular flexibility index (Phi) is 20.7. The number of hydrogen-bond acceptors (Lipinski definition) is 18. The van der Waals surface area contributed by atoms with Crippen molar-refractivity contribution in [2.75, 3.05) is 48.1 Å². The number of esters is 1. The van der Waals surface area contributed by atoms with Gasteiger partial charge < -0.3 is 64.4 Å². The summed E-state index contributed by atoms with van der Waals surface area (Å²) in [5, 5.41) is 57.4. The first-order valence-electron chi connectivity index (χ1n) is 27.1. The van der Waals surface area contributed by atoms with Crippen LogP contribution in [0.25, 0.3) is 5.69 Å². The van der Waals surface area contributed by atoms with Gasteiger partial charge in [-0.1, -0.05) is 50.6 Å². The van der Waals surface area contributed by atoms with E-state index >= 15 is 0 Å². The van der Waals surface area contributed by atoms with Crippen LogP contribution in [0.15, 0.2) is 42.4 Å². The number of hydrogen-bond donors (Lipinski definition) is 7. The van der Waals surface area contributed by atoms with Crippen molar-refractivity contribution < 1.29 is 68.3 Å². The van der Waals surface area contributed by atoms with Crippen LogP contribution in [-0.2, 0) is 33.2 Å². The molecule has 3 saturated heterocycles. The first-order chi connectivity index (χ1) is 35.7. The lowest BCUT2D eigenvalue weighted by Gasteiger charge is -2.51. The minimum Gasteiger partial charge on any atom is -0.459 e. The highest BCUT2D eigenvalue weighted by molar-refractivity contribution is 5.90. The predicted octanol–water partition coefficient (Wildman–Crippen LogP) is 2.51. The number of quaternary nitrogens is 1. The molecular weight excluding hydrogens is 986 g/mol. The van der Waals surface area contributed by atoms with Crippen LogP contribution in [0.4, 0.5) is 4.39 Å². The quantitative estimate of drug-likeness (QED) is 0.0941. The Bertz CT molecular complexity index is 2240. The van der Waals surface area contributed by atoms with E-state index in [1.54, 1.807) is 59.1 Å². The number of nitrogens with one attached hydrogen (secondary N) is 1. The molecule has 9 N–H and O–H groups in total. The summed E-state index contributed by atoms with van der Waals surface area (Å²) in [5.41, 5.74) is 8.49. The number of nitrogens with zero attached hydrogens (tertiary/aromatic N) is 6. The van der Waals surface area contributed by atoms with E-state index in [2.05, 4.69) is 27.8 Å². The molecule has 1 aromatic heterocycles. The van der Waals surface area contributed by atoms with Crippen molar-refractivity contribution in [3.8, 4) is 5.69 Å². The van der Waals surface area contributed by atoms with Crippen LogP contribution < -0.4 is 16.7 Å². The summed E-state index contributed by atoms with van der Waals surface area (Å²) in [6.07, 6.45) is -1.27. The first kappa shape index (κ1) is 61.5. The lowest BCUT2D eigenvalue weighted by molar-refractivity contribution is -0.679. The summed E-state index contributed by atoms with van der Waals surface area (Å²) in [5.74, 6) is -3.57. The number of aliphatic hydroxyl groups is 4. The monoisotopic (exact) mass is 1080 g/mol. The predicted molar refractivity (Wildman–Crippen MR) is 279 cm³/mol. The number of benzene rings is 1. The average molecular weight is 1080 g/mol. The molecule has 1 aromatic carbocycles. The molecule has 4 unspecified atom stereocenters. The van der Waals surface area contributed by atoms with Crippen molar-refractivity contribution in [2.45, 2.75) is 198 Å². The van der Waals surface area contributed by atoms with Gasteiger partial charge in [-0.15, -0.1) is 5.10 Å². The Morgan fingerprint density at radius 2 is 1.72 bits per heavy atom. The molecule has 22 heteroatoms. The van der Waals surface area contributed by atoms with E-state index in [0.29, 0.717) is 38.0 Å². The Hall–Kier alpha value is -3.75. The number of aromatic nitrogens is 3. The zero-order valence-corrected chi connectivity index (χ0v) is 47.3. The van der Waals surface area contributed by atoms with Crippen LogP contribution in [0.2, 0.25) is 0 Å². The average Bonchev–Trinajstić information content (AvgIpc) is 4.07. The summed E-state index contributed by atoms with van der Waals surface area (Å²) < 4.78 is 54.9. The van der Waals surface area contributed by atoms with Gasteiger partial charge in [0.05, 0.1) is 59.6 Å². The topological polar surface area (TPSA) is 266 Å². The van der Waals surface area contributed by atoms with Gasteiger partial charge in [-0.05, 0) is 104 Å². The van der Waals surface area contributed by atoms with Crippen molar-refractivity contribution in [2.24, 2.45) is 29.4 Å². The van der Waals surface area contributed by atoms with Gasteiger partial charge in [0.15, 0.2) is 12.0 Å². The molecule has 0 bridgehead atoms. The largest absolute Gasteiger partial charge is 0.459 e. The third kappa shape index (κ3) is 13.8. The summed E-state index contributed by atoms with van der Waals surface area (Å²) in [4.78, 5) is 30.4. The van der Waals surface area contributed by atoms with Crippen LogP contribution in [0.1, 0.15) is 130 Å². The maximum atomic E-state index is 15.0. The summed E-state index contributed by atoms with van der Waals surface area (Å²) in [6.45, 7) is 18.7. The zero-order chi connectivity index (χ0) is 56.2. The number of nitrogens with two attached hydrogens (primary N) is 2. The molecule has 4 aliphatic rings. The number of ether oxygens (including phenoxy) is 6. The van der Waals surface area contributed by atoms with Gasteiger partial charge in [-0.2, -0.15) is 0 Å². The van der Waals surface area contributed by atoms with Crippen LogP contribution in [0.5, 0.6) is 0 Å². The third-order valence-electron chi connectivity index (χ3n) is 17.2. The molecule has 6 rings (SSSR count). The molecule has 5 heterocycles. The number of carbonyl (C=O) groups is 2. The fraction of sp³-hybridized carbons (Fsp3) is 0.778. The van der Waals surface area contributed by atoms with E-state index in [4.69, 9.17) is 34.2 Å². The lowest BCUT2D eigenvalue weighted by atomic mass is 9.68. The molecule has 2 aromatic rings. The molecule has 0 radical (unpaired) electrons. The SMILES string of the molecule is CC[C@H]1OC(=O)[C@H](C)[C@@H](C2C[C@@](C)(OC)[C@@H](O)[C@H](C)O2)[C@H](C)[C@@H](OC2C[C@@H](N(C)CCC3=CN([C@H](CF)C(OC)c4ccc(-n5cc(C(N)=O)nn5)cc4)N[NH2+]3)CC(C)O2)[C@](C)(O)C[C@@H](C)CN(C)[C@H](C)[C@@H](O)[C@]1(C)O. The second-order valence-electron chi connectivity index (χ2n) is 23.2. The standard InChI is InChI=1S/C54H90FN9O12/c1-15-43-54(10,70)47(65)34(6)62(12)27-30(2)24-52(8,69)49(32(4)45(33(5)51(68)75-43)42-25-53(9,72-14)48(66)35(7)74-42)76-44-23-39(22-31(3)73-44)61(11)21-20-37-28-64(59-57-37)41(26-55)46(71-13)36-16-18-38(19-17-36)63-29-40(50(56)67)58-60-63/h16-19,28-35,39,41-49,57,59,65-66,69-70H,15,20-27H2,1-14H3,(H2,56,67)/p+1/t30-,31?,32+,33-,34-,35+,39+,41-,42?,43-,44?,45+,46?,47-,48+,49-,52-,53-,54-/m1/s1. The van der Waals surface area contributed by atoms with E-state index in [-0.39, 0.29) is 43.0 Å². The summed E-state index contributed by atoms with van der Waals surface area (Å²) in [6, 6.07) is 5.96. The van der Waals surface area contributed by atoms with Crippen LogP contribution in [0, 0.1) is 23.7 Å². The first-order valence-corrected chi connectivity index (χ1v) is 27.1. The minimum atomic E-state index is -1.80. The van der Waals surface area contributed by atoms with Gasteiger partial charge in [-0.25, -0.2) is 14.5 Å². The van der Waals surface area contributed by atoms with Gasteiger partial charge in [0.25, 0.3) is 5.91 Å². The highest BCUT2D eigenvalue weighted by atomic mass is 19.1. The number of rotatable bonds is 16. The zero-order valence-electron chi connectivity index (χ0n) is 47.3. The number of primary amides is 1. The molecule has 0 spiro atoms. The van der Waals surface area contributed by atoms with Gasteiger partial charge >= 0.3 is 5.97 Å². The molecule has 4 aliphatic heterocycles. The highest BCUT2D eigenvalue weighted by Gasteiger charge is 2.54. The number of hydrazine groups is 1. The second-order valence-corrected chi connectivity index (χ2v) is 23.2. The smallest absolute Gasteiger partial charge is 0.309 e. The molecule has 3 fully saturated rings. The van der Waals surface area contributed by atoms with Gasteiger partial charge in [0.2, 0.25) is 0 Å². The van der Waals surface area contributed by atoms with E-state index in [9.17, 15) is 34.4 Å². The second kappa shape index (κ2) is 25.6. The van der Waals surface area contributed by atoms with Crippen LogP contribution >= 0.6 is 0 Å². The van der Waals surface area contributed by atoms with Crippen molar-refractivity contribution in [1.29, 1.82) is 0 Å². The molecule has 76 heavy (non-hydrogen) atoms. The molecule has 0 saturated carbocycles.